The van der Waals surface area contributed by atoms with Crippen molar-refractivity contribution in [3.63, 3.8) is 0 Å². The van der Waals surface area contributed by atoms with Crippen LogP contribution in [0.2, 0.25) is 0 Å². The van der Waals surface area contributed by atoms with Gasteiger partial charge in [0.15, 0.2) is 0 Å². The number of methoxy groups -OCH3 is 1. The van der Waals surface area contributed by atoms with E-state index >= 15 is 0 Å². The van der Waals surface area contributed by atoms with Gasteiger partial charge < -0.3 is 10.1 Å². The molecule has 1 heterocycles. The molecule has 1 aromatic heterocycles. The minimum absolute atomic E-state index is 0.248. The van der Waals surface area contributed by atoms with Crippen molar-refractivity contribution >= 4 is 17.6 Å². The number of anilines is 1. The Kier molecular flexibility index (Phi) is 4.37. The van der Waals surface area contributed by atoms with Crippen LogP contribution in [0.15, 0.2) is 30.5 Å². The molecule has 2 aromatic rings. The minimum Gasteiger partial charge on any atom is -0.465 e. The van der Waals surface area contributed by atoms with Crippen LogP contribution in [0.4, 0.5) is 5.69 Å². The number of hydrogen-bond acceptors (Lipinski definition) is 4. The van der Waals surface area contributed by atoms with Gasteiger partial charge in [-0.05, 0) is 24.6 Å². The van der Waals surface area contributed by atoms with E-state index in [-0.39, 0.29) is 5.91 Å². The molecular formula is C15H17N3O3. The van der Waals surface area contributed by atoms with Gasteiger partial charge in [0, 0.05) is 18.9 Å². The number of benzene rings is 1. The molecule has 6 nitrogen and oxygen atoms in total. The highest BCUT2D eigenvalue weighted by atomic mass is 16.5. The maximum atomic E-state index is 12.3. The summed E-state index contributed by atoms with van der Waals surface area (Å²) in [7, 11) is 3.09. The van der Waals surface area contributed by atoms with Gasteiger partial charge in [-0.2, -0.15) is 5.10 Å². The van der Waals surface area contributed by atoms with Crippen molar-refractivity contribution in [2.75, 3.05) is 12.4 Å². The van der Waals surface area contributed by atoms with Crippen LogP contribution < -0.4 is 5.32 Å². The Morgan fingerprint density at radius 1 is 1.38 bits per heavy atom. The van der Waals surface area contributed by atoms with Gasteiger partial charge in [-0.25, -0.2) is 4.79 Å². The first-order valence-corrected chi connectivity index (χ1v) is 6.57. The summed E-state index contributed by atoms with van der Waals surface area (Å²) in [5.41, 5.74) is 2.19. The molecule has 0 saturated heterocycles. The Balaban J connectivity index is 2.21. The van der Waals surface area contributed by atoms with Gasteiger partial charge in [-0.1, -0.05) is 13.0 Å². The van der Waals surface area contributed by atoms with Crippen molar-refractivity contribution in [1.82, 2.24) is 9.78 Å². The van der Waals surface area contributed by atoms with Crippen LogP contribution in [-0.2, 0) is 18.2 Å². The average molecular weight is 287 g/mol. The van der Waals surface area contributed by atoms with E-state index < -0.39 is 5.97 Å². The number of rotatable bonds is 4. The molecule has 0 aliphatic rings. The van der Waals surface area contributed by atoms with Crippen molar-refractivity contribution in [3.8, 4) is 0 Å². The van der Waals surface area contributed by atoms with Crippen molar-refractivity contribution in [3.05, 3.63) is 47.3 Å². The number of carbonyl (C=O) groups excluding carboxylic acids is 2. The van der Waals surface area contributed by atoms with Crippen LogP contribution in [0.1, 0.15) is 33.3 Å². The summed E-state index contributed by atoms with van der Waals surface area (Å²) in [5, 5.41) is 7.00. The van der Waals surface area contributed by atoms with E-state index in [9.17, 15) is 9.59 Å². The van der Waals surface area contributed by atoms with Crippen molar-refractivity contribution in [1.29, 1.82) is 0 Å². The van der Waals surface area contributed by atoms with Gasteiger partial charge in [0.2, 0.25) is 0 Å². The largest absolute Gasteiger partial charge is 0.465 e. The molecule has 21 heavy (non-hydrogen) atoms. The van der Waals surface area contributed by atoms with Gasteiger partial charge in [0.25, 0.3) is 5.91 Å². The highest BCUT2D eigenvalue weighted by Crippen LogP contribution is 2.15. The molecule has 0 unspecified atom stereocenters. The second-order valence-electron chi connectivity index (χ2n) is 4.54. The number of aromatic nitrogens is 2. The highest BCUT2D eigenvalue weighted by molar-refractivity contribution is 6.05. The number of aryl methyl sites for hydroxylation is 2. The summed E-state index contributed by atoms with van der Waals surface area (Å²) in [5.74, 6) is -0.691. The van der Waals surface area contributed by atoms with Crippen molar-refractivity contribution in [2.45, 2.75) is 13.3 Å². The molecule has 6 heteroatoms. The van der Waals surface area contributed by atoms with E-state index in [1.54, 1.807) is 42.2 Å². The number of esters is 1. The number of amides is 1. The summed E-state index contributed by atoms with van der Waals surface area (Å²) in [4.78, 5) is 23.8. The fraction of sp³-hybridized carbons (Fsp3) is 0.267. The number of carbonyl (C=O) groups is 2. The molecule has 0 fully saturated rings. The minimum atomic E-state index is -0.443. The highest BCUT2D eigenvalue weighted by Gasteiger charge is 2.15. The molecule has 0 aliphatic heterocycles. The van der Waals surface area contributed by atoms with Crippen LogP contribution in [0.25, 0.3) is 0 Å². The van der Waals surface area contributed by atoms with E-state index in [2.05, 4.69) is 15.2 Å². The predicted octanol–water partition coefficient (Wildman–Crippen LogP) is 2.02. The molecule has 0 aliphatic carbocycles. The lowest BCUT2D eigenvalue weighted by molar-refractivity contribution is 0.0600. The normalized spacial score (nSPS) is 10.2. The maximum Gasteiger partial charge on any atom is 0.337 e. The standard InChI is InChI=1S/C15H17N3O3/c1-4-13-12(9-18(2)17-13)14(19)16-11-7-5-6-10(8-11)15(20)21-3/h5-9H,4H2,1-3H3,(H,16,19). The third-order valence-corrected chi connectivity index (χ3v) is 3.03. The summed E-state index contributed by atoms with van der Waals surface area (Å²) >= 11 is 0. The first-order chi connectivity index (χ1) is 10.0. The topological polar surface area (TPSA) is 73.2 Å². The molecule has 2 rings (SSSR count). The predicted molar refractivity (Wildman–Crippen MR) is 78.3 cm³/mol. The Labute approximate surface area is 122 Å². The number of nitrogens with zero attached hydrogens (tertiary/aromatic N) is 2. The lowest BCUT2D eigenvalue weighted by Gasteiger charge is -2.06. The molecule has 1 aromatic carbocycles. The van der Waals surface area contributed by atoms with Gasteiger partial charge in [-0.15, -0.1) is 0 Å². The maximum absolute atomic E-state index is 12.3. The zero-order chi connectivity index (χ0) is 15.4. The molecule has 0 bridgehead atoms. The third kappa shape index (κ3) is 3.28. The van der Waals surface area contributed by atoms with Gasteiger partial charge in [0.05, 0.1) is 23.9 Å². The molecule has 0 spiro atoms. The SMILES string of the molecule is CCc1nn(C)cc1C(=O)Nc1cccc(C(=O)OC)c1. The van der Waals surface area contributed by atoms with E-state index in [0.717, 1.165) is 5.69 Å². The molecule has 1 amide bonds. The molecule has 0 radical (unpaired) electrons. The van der Waals surface area contributed by atoms with E-state index in [1.165, 1.54) is 7.11 Å². The Morgan fingerprint density at radius 2 is 2.14 bits per heavy atom. The van der Waals surface area contributed by atoms with E-state index in [0.29, 0.717) is 23.2 Å². The monoisotopic (exact) mass is 287 g/mol. The second-order valence-corrected chi connectivity index (χ2v) is 4.54. The first kappa shape index (κ1) is 14.8. The lowest BCUT2D eigenvalue weighted by Crippen LogP contribution is -2.13. The summed E-state index contributed by atoms with van der Waals surface area (Å²) < 4.78 is 6.27. The fourth-order valence-corrected chi connectivity index (χ4v) is 2.03. The van der Waals surface area contributed by atoms with E-state index in [1.807, 2.05) is 6.92 Å². The van der Waals surface area contributed by atoms with Gasteiger partial charge in [0.1, 0.15) is 0 Å². The Bertz CT molecular complexity index is 677. The molecule has 1 N–H and O–H groups in total. The lowest BCUT2D eigenvalue weighted by atomic mass is 10.1. The number of hydrogen-bond donors (Lipinski definition) is 1. The Morgan fingerprint density at radius 3 is 2.81 bits per heavy atom. The average Bonchev–Trinajstić information content (AvgIpc) is 2.88. The Hall–Kier alpha value is -2.63. The van der Waals surface area contributed by atoms with Gasteiger partial charge >= 0.3 is 5.97 Å². The van der Waals surface area contributed by atoms with Gasteiger partial charge in [-0.3, -0.25) is 9.48 Å². The molecule has 0 atom stereocenters. The quantitative estimate of drug-likeness (QED) is 0.873. The number of nitrogens with one attached hydrogen (secondary N) is 1. The smallest absolute Gasteiger partial charge is 0.337 e. The first-order valence-electron chi connectivity index (χ1n) is 6.57. The zero-order valence-electron chi connectivity index (χ0n) is 12.2. The van der Waals surface area contributed by atoms with Crippen LogP contribution in [0.5, 0.6) is 0 Å². The van der Waals surface area contributed by atoms with Crippen molar-refractivity contribution in [2.24, 2.45) is 7.05 Å². The zero-order valence-corrected chi connectivity index (χ0v) is 12.2. The fourth-order valence-electron chi connectivity index (χ4n) is 2.03. The van der Waals surface area contributed by atoms with Crippen LogP contribution in [0.3, 0.4) is 0 Å². The number of ether oxygens (including phenoxy) is 1. The van der Waals surface area contributed by atoms with E-state index in [4.69, 9.17) is 0 Å². The summed E-state index contributed by atoms with van der Waals surface area (Å²) in [6.07, 6.45) is 2.35. The molecule has 0 saturated carbocycles. The third-order valence-electron chi connectivity index (χ3n) is 3.03. The molecular weight excluding hydrogens is 270 g/mol. The van der Waals surface area contributed by atoms with Crippen LogP contribution in [-0.4, -0.2) is 28.8 Å². The van der Waals surface area contributed by atoms with Crippen molar-refractivity contribution < 1.29 is 14.3 Å². The molecule has 110 valence electrons. The van der Waals surface area contributed by atoms with Crippen LogP contribution in [0, 0.1) is 0 Å². The van der Waals surface area contributed by atoms with Crippen LogP contribution >= 0.6 is 0 Å². The second kappa shape index (κ2) is 6.21. The summed E-state index contributed by atoms with van der Waals surface area (Å²) in [6.45, 7) is 1.94. The summed E-state index contributed by atoms with van der Waals surface area (Å²) in [6, 6.07) is 6.60.